The summed E-state index contributed by atoms with van der Waals surface area (Å²) < 4.78 is 1.09. The second-order valence-electron chi connectivity index (χ2n) is 4.22. The van der Waals surface area contributed by atoms with Crippen molar-refractivity contribution >= 4 is 26.8 Å². The van der Waals surface area contributed by atoms with Crippen LogP contribution >= 0.6 is 15.9 Å². The molecule has 0 amide bonds. The molecule has 1 N–H and O–H groups in total. The fraction of sp³-hybridized carbons (Fsp3) is 0.308. The summed E-state index contributed by atoms with van der Waals surface area (Å²) in [6.45, 7) is 1.11. The van der Waals surface area contributed by atoms with Crippen LogP contribution < -0.4 is 5.32 Å². The third-order valence-corrected chi connectivity index (χ3v) is 3.59. The molecular weight excluding hydrogens is 264 g/mol. The molecule has 1 saturated heterocycles. The van der Waals surface area contributed by atoms with Crippen molar-refractivity contribution in [1.82, 2.24) is 10.3 Å². The van der Waals surface area contributed by atoms with Crippen molar-refractivity contribution in [3.05, 3.63) is 40.5 Å². The maximum absolute atomic E-state index is 4.73. The van der Waals surface area contributed by atoms with E-state index in [1.165, 1.54) is 23.9 Å². The Labute approximate surface area is 103 Å². The first kappa shape index (κ1) is 10.2. The van der Waals surface area contributed by atoms with Crippen LogP contribution in [0, 0.1) is 0 Å². The minimum atomic E-state index is 0.448. The summed E-state index contributed by atoms with van der Waals surface area (Å²) in [4.78, 5) is 4.73. The smallest absolute Gasteiger partial charge is 0.0717 e. The zero-order valence-electron chi connectivity index (χ0n) is 8.91. The molecule has 0 spiro atoms. The third-order valence-electron chi connectivity index (χ3n) is 3.09. The lowest BCUT2D eigenvalue weighted by atomic mass is 10.1. The number of fused-ring (bicyclic) bond motifs is 1. The van der Waals surface area contributed by atoms with E-state index in [2.05, 4.69) is 51.6 Å². The molecule has 0 saturated carbocycles. The molecule has 1 fully saturated rings. The Morgan fingerprint density at radius 1 is 1.25 bits per heavy atom. The Bertz CT molecular complexity index is 518. The van der Waals surface area contributed by atoms with Gasteiger partial charge in [-0.1, -0.05) is 28.1 Å². The van der Waals surface area contributed by atoms with Gasteiger partial charge in [0.15, 0.2) is 0 Å². The van der Waals surface area contributed by atoms with Gasteiger partial charge in [0, 0.05) is 15.9 Å². The van der Waals surface area contributed by atoms with Crippen LogP contribution in [0.2, 0.25) is 0 Å². The molecule has 1 atom stereocenters. The van der Waals surface area contributed by atoms with Gasteiger partial charge in [-0.3, -0.25) is 4.98 Å². The van der Waals surface area contributed by atoms with Crippen LogP contribution in [0.3, 0.4) is 0 Å². The zero-order chi connectivity index (χ0) is 11.0. The lowest BCUT2D eigenvalue weighted by Gasteiger charge is -2.10. The van der Waals surface area contributed by atoms with Crippen LogP contribution in [0.15, 0.2) is 34.8 Å². The highest BCUT2D eigenvalue weighted by atomic mass is 79.9. The zero-order valence-corrected chi connectivity index (χ0v) is 10.5. The fourth-order valence-electron chi connectivity index (χ4n) is 2.24. The first-order chi connectivity index (χ1) is 7.83. The minimum Gasteiger partial charge on any atom is -0.309 e. The fourth-order valence-corrected chi connectivity index (χ4v) is 2.59. The molecule has 0 aliphatic carbocycles. The first-order valence-electron chi connectivity index (χ1n) is 5.62. The minimum absolute atomic E-state index is 0.448. The molecule has 1 unspecified atom stereocenters. The van der Waals surface area contributed by atoms with Gasteiger partial charge in [-0.25, -0.2) is 0 Å². The molecule has 0 radical (unpaired) electrons. The molecule has 16 heavy (non-hydrogen) atoms. The van der Waals surface area contributed by atoms with Crippen LogP contribution in [0.5, 0.6) is 0 Å². The molecule has 82 valence electrons. The summed E-state index contributed by atoms with van der Waals surface area (Å²) in [6.07, 6.45) is 2.45. The molecule has 2 heterocycles. The Kier molecular flexibility index (Phi) is 2.65. The number of rotatable bonds is 1. The molecule has 3 heteroatoms. The van der Waals surface area contributed by atoms with Crippen molar-refractivity contribution in [3.8, 4) is 0 Å². The standard InChI is InChI=1S/C13H13BrN2/c14-10-5-3-9-4-6-12(16-13(9)8-10)11-2-1-7-15-11/h3-6,8,11,15H,1-2,7H2. The van der Waals surface area contributed by atoms with E-state index >= 15 is 0 Å². The molecule has 1 aromatic carbocycles. The van der Waals surface area contributed by atoms with Crippen molar-refractivity contribution in [2.75, 3.05) is 6.54 Å². The topological polar surface area (TPSA) is 24.9 Å². The predicted octanol–water partition coefficient (Wildman–Crippen LogP) is 3.42. The Balaban J connectivity index is 2.07. The van der Waals surface area contributed by atoms with Crippen LogP contribution in [0.25, 0.3) is 10.9 Å². The molecule has 0 bridgehead atoms. The van der Waals surface area contributed by atoms with Gasteiger partial charge in [0.25, 0.3) is 0 Å². The van der Waals surface area contributed by atoms with Crippen molar-refractivity contribution in [2.45, 2.75) is 18.9 Å². The highest BCUT2D eigenvalue weighted by molar-refractivity contribution is 9.10. The Morgan fingerprint density at radius 3 is 2.94 bits per heavy atom. The third kappa shape index (κ3) is 1.85. The van der Waals surface area contributed by atoms with E-state index in [4.69, 9.17) is 4.98 Å². The number of halogens is 1. The van der Waals surface area contributed by atoms with E-state index in [1.807, 2.05) is 0 Å². The number of hydrogen-bond acceptors (Lipinski definition) is 2. The van der Waals surface area contributed by atoms with Crippen LogP contribution in [0.1, 0.15) is 24.6 Å². The molecule has 1 aliphatic heterocycles. The van der Waals surface area contributed by atoms with Gasteiger partial charge in [0.2, 0.25) is 0 Å². The normalized spacial score (nSPS) is 20.4. The van der Waals surface area contributed by atoms with Crippen LogP contribution in [-0.4, -0.2) is 11.5 Å². The summed E-state index contributed by atoms with van der Waals surface area (Å²) in [6, 6.07) is 11.0. The number of nitrogens with one attached hydrogen (secondary N) is 1. The van der Waals surface area contributed by atoms with E-state index in [-0.39, 0.29) is 0 Å². The predicted molar refractivity (Wildman–Crippen MR) is 69.4 cm³/mol. The summed E-state index contributed by atoms with van der Waals surface area (Å²) in [5, 5.41) is 4.68. The lowest BCUT2D eigenvalue weighted by molar-refractivity contribution is 0.630. The van der Waals surface area contributed by atoms with Gasteiger partial charge >= 0.3 is 0 Å². The summed E-state index contributed by atoms with van der Waals surface area (Å²) in [7, 11) is 0. The van der Waals surface area contributed by atoms with Crippen LogP contribution in [-0.2, 0) is 0 Å². The number of hydrogen-bond donors (Lipinski definition) is 1. The average molecular weight is 277 g/mol. The van der Waals surface area contributed by atoms with Gasteiger partial charge < -0.3 is 5.32 Å². The van der Waals surface area contributed by atoms with E-state index < -0.39 is 0 Å². The van der Waals surface area contributed by atoms with E-state index in [0.717, 1.165) is 16.5 Å². The summed E-state index contributed by atoms with van der Waals surface area (Å²) in [5.41, 5.74) is 2.24. The maximum atomic E-state index is 4.73. The SMILES string of the molecule is Brc1ccc2ccc(C3CCCN3)nc2c1. The van der Waals surface area contributed by atoms with Gasteiger partial charge in [0.1, 0.15) is 0 Å². The van der Waals surface area contributed by atoms with E-state index in [1.54, 1.807) is 0 Å². The molecule has 1 aromatic heterocycles. The Morgan fingerprint density at radius 2 is 2.12 bits per heavy atom. The van der Waals surface area contributed by atoms with E-state index in [9.17, 15) is 0 Å². The summed E-state index contributed by atoms with van der Waals surface area (Å²) >= 11 is 3.48. The lowest BCUT2D eigenvalue weighted by Crippen LogP contribution is -2.14. The van der Waals surface area contributed by atoms with Crippen molar-refractivity contribution in [3.63, 3.8) is 0 Å². The van der Waals surface area contributed by atoms with Crippen molar-refractivity contribution in [2.24, 2.45) is 0 Å². The highest BCUT2D eigenvalue weighted by Gasteiger charge is 2.17. The maximum Gasteiger partial charge on any atom is 0.0717 e. The first-order valence-corrected chi connectivity index (χ1v) is 6.42. The average Bonchev–Trinajstić information content (AvgIpc) is 2.81. The summed E-state index contributed by atoms with van der Waals surface area (Å²) in [5.74, 6) is 0. The van der Waals surface area contributed by atoms with Crippen molar-refractivity contribution in [1.29, 1.82) is 0 Å². The highest BCUT2D eigenvalue weighted by Crippen LogP contribution is 2.24. The molecule has 3 rings (SSSR count). The number of nitrogens with zero attached hydrogens (tertiary/aromatic N) is 1. The number of benzene rings is 1. The number of pyridine rings is 1. The largest absolute Gasteiger partial charge is 0.309 e. The second kappa shape index (κ2) is 4.15. The molecular formula is C13H13BrN2. The molecule has 2 aromatic rings. The number of aromatic nitrogens is 1. The van der Waals surface area contributed by atoms with E-state index in [0.29, 0.717) is 6.04 Å². The van der Waals surface area contributed by atoms with Gasteiger partial charge in [0.05, 0.1) is 11.2 Å². The monoisotopic (exact) mass is 276 g/mol. The van der Waals surface area contributed by atoms with Gasteiger partial charge in [-0.15, -0.1) is 0 Å². The second-order valence-corrected chi connectivity index (χ2v) is 5.14. The van der Waals surface area contributed by atoms with Gasteiger partial charge in [-0.05, 0) is 37.6 Å². The molecule has 2 nitrogen and oxygen atoms in total. The van der Waals surface area contributed by atoms with Crippen molar-refractivity contribution < 1.29 is 0 Å². The quantitative estimate of drug-likeness (QED) is 0.864. The van der Waals surface area contributed by atoms with Crippen LogP contribution in [0.4, 0.5) is 0 Å². The molecule has 1 aliphatic rings. The van der Waals surface area contributed by atoms with Gasteiger partial charge in [-0.2, -0.15) is 0 Å². The Hall–Kier alpha value is -0.930.